The van der Waals surface area contributed by atoms with E-state index in [2.05, 4.69) is 0 Å². The minimum Gasteiger partial charge on any atom is -0.494 e. The maximum Gasteiger partial charge on any atom is 0.246 e. The van der Waals surface area contributed by atoms with E-state index in [0.717, 1.165) is 5.56 Å². The summed E-state index contributed by atoms with van der Waals surface area (Å²) in [5.41, 5.74) is 1.52. The molecule has 2 rings (SSSR count). The third kappa shape index (κ3) is 4.90. The lowest BCUT2D eigenvalue weighted by Crippen LogP contribution is -2.30. The Kier molecular flexibility index (Phi) is 6.71. The number of nitrogens with zero attached hydrogens (tertiary/aromatic N) is 1. The van der Waals surface area contributed by atoms with E-state index in [1.807, 2.05) is 30.3 Å². The lowest BCUT2D eigenvalue weighted by Gasteiger charge is -2.27. The fraction of sp³-hybridized carbons (Fsp3) is 0.250. The number of halogens is 1. The molecule has 0 radical (unpaired) electrons. The van der Waals surface area contributed by atoms with Gasteiger partial charge in [0.1, 0.15) is 0 Å². The monoisotopic (exact) mass is 343 g/mol. The van der Waals surface area contributed by atoms with Crippen LogP contribution in [0.4, 0.5) is 4.39 Å². The maximum atomic E-state index is 13.7. The van der Waals surface area contributed by atoms with E-state index in [0.29, 0.717) is 12.0 Å². The molecule has 0 saturated heterocycles. The van der Waals surface area contributed by atoms with E-state index >= 15 is 0 Å². The van der Waals surface area contributed by atoms with E-state index in [-0.39, 0.29) is 24.3 Å². The smallest absolute Gasteiger partial charge is 0.246 e. The average Bonchev–Trinajstić information content (AvgIpc) is 2.64. The van der Waals surface area contributed by atoms with Crippen LogP contribution in [0, 0.1) is 5.82 Å². The molecule has 1 N–H and O–H groups in total. The lowest BCUT2D eigenvalue weighted by atomic mass is 10.0. The highest BCUT2D eigenvalue weighted by atomic mass is 19.1. The minimum absolute atomic E-state index is 0.0232. The number of amides is 1. The molecule has 0 aliphatic heterocycles. The largest absolute Gasteiger partial charge is 0.494 e. The summed E-state index contributed by atoms with van der Waals surface area (Å²) in [4.78, 5) is 14.0. The zero-order chi connectivity index (χ0) is 18.2. The van der Waals surface area contributed by atoms with Gasteiger partial charge in [-0.3, -0.25) is 4.79 Å². The molecule has 2 aromatic carbocycles. The first-order chi connectivity index (χ1) is 12.1. The Balaban J connectivity index is 2.13. The summed E-state index contributed by atoms with van der Waals surface area (Å²) in [7, 11) is 3.09. The molecule has 0 aliphatic carbocycles. The Bertz CT molecular complexity index is 731. The van der Waals surface area contributed by atoms with Gasteiger partial charge in [-0.2, -0.15) is 0 Å². The molecule has 132 valence electrons. The molecule has 1 amide bonds. The number of aliphatic hydroxyl groups excluding tert-OH is 1. The molecular weight excluding hydrogens is 321 g/mol. The summed E-state index contributed by atoms with van der Waals surface area (Å²) in [6.45, 7) is -0.0232. The summed E-state index contributed by atoms with van der Waals surface area (Å²) in [5.74, 6) is -0.542. The molecule has 0 aromatic heterocycles. The predicted molar refractivity (Wildman–Crippen MR) is 95.6 cm³/mol. The van der Waals surface area contributed by atoms with Crippen LogP contribution in [0.5, 0.6) is 5.75 Å². The fourth-order valence-corrected chi connectivity index (χ4v) is 2.61. The zero-order valence-electron chi connectivity index (χ0n) is 14.4. The van der Waals surface area contributed by atoms with Crippen molar-refractivity contribution in [1.29, 1.82) is 0 Å². The highest BCUT2D eigenvalue weighted by molar-refractivity contribution is 5.91. The number of benzene rings is 2. The molecule has 0 heterocycles. The Morgan fingerprint density at radius 1 is 1.28 bits per heavy atom. The van der Waals surface area contributed by atoms with Crippen LogP contribution in [0.1, 0.15) is 23.6 Å². The molecule has 1 atom stereocenters. The summed E-state index contributed by atoms with van der Waals surface area (Å²) in [5, 5.41) is 9.31. The van der Waals surface area contributed by atoms with Gasteiger partial charge < -0.3 is 14.7 Å². The van der Waals surface area contributed by atoms with Gasteiger partial charge >= 0.3 is 0 Å². The van der Waals surface area contributed by atoms with Crippen molar-refractivity contribution in [2.45, 2.75) is 12.5 Å². The van der Waals surface area contributed by atoms with Crippen LogP contribution in [0.15, 0.2) is 54.6 Å². The summed E-state index contributed by atoms with van der Waals surface area (Å²) in [6.07, 6.45) is 3.40. The minimum atomic E-state index is -0.479. The Morgan fingerprint density at radius 3 is 2.60 bits per heavy atom. The Labute approximate surface area is 147 Å². The molecular formula is C20H22FNO3. The first kappa shape index (κ1) is 18.7. The summed E-state index contributed by atoms with van der Waals surface area (Å²) in [6, 6.07) is 13.8. The third-order valence-corrected chi connectivity index (χ3v) is 4.00. The fourth-order valence-electron chi connectivity index (χ4n) is 2.61. The number of carbonyl (C=O) groups excluding carboxylic acids is 1. The highest BCUT2D eigenvalue weighted by Crippen LogP contribution is 2.23. The van der Waals surface area contributed by atoms with Gasteiger partial charge in [0, 0.05) is 19.7 Å². The van der Waals surface area contributed by atoms with Crippen molar-refractivity contribution in [2.24, 2.45) is 0 Å². The van der Waals surface area contributed by atoms with Gasteiger partial charge in [0.05, 0.1) is 13.2 Å². The van der Waals surface area contributed by atoms with Gasteiger partial charge in [-0.1, -0.05) is 36.4 Å². The van der Waals surface area contributed by atoms with Crippen molar-refractivity contribution < 1.29 is 19.0 Å². The molecule has 0 spiro atoms. The first-order valence-corrected chi connectivity index (χ1v) is 8.01. The van der Waals surface area contributed by atoms with E-state index in [1.54, 1.807) is 24.1 Å². The molecule has 25 heavy (non-hydrogen) atoms. The average molecular weight is 343 g/mol. The van der Waals surface area contributed by atoms with Crippen LogP contribution in [-0.4, -0.2) is 36.7 Å². The third-order valence-electron chi connectivity index (χ3n) is 4.00. The van der Waals surface area contributed by atoms with Gasteiger partial charge in [0.15, 0.2) is 11.6 Å². The van der Waals surface area contributed by atoms with Crippen LogP contribution >= 0.6 is 0 Å². The van der Waals surface area contributed by atoms with Crippen LogP contribution in [0.3, 0.4) is 0 Å². The van der Waals surface area contributed by atoms with Crippen molar-refractivity contribution in [2.75, 3.05) is 20.8 Å². The van der Waals surface area contributed by atoms with Crippen LogP contribution < -0.4 is 4.74 Å². The molecule has 0 aliphatic rings. The van der Waals surface area contributed by atoms with Crippen molar-refractivity contribution in [3.63, 3.8) is 0 Å². The first-order valence-electron chi connectivity index (χ1n) is 8.01. The second kappa shape index (κ2) is 8.99. The maximum absolute atomic E-state index is 13.7. The topological polar surface area (TPSA) is 49.8 Å². The SMILES string of the molecule is COc1ccc(/C=C/C(=O)N(C)C(CCO)c2ccccc2)cc1F. The second-order valence-corrected chi connectivity index (χ2v) is 5.62. The van der Waals surface area contributed by atoms with Gasteiger partial charge in [0.25, 0.3) is 0 Å². The van der Waals surface area contributed by atoms with E-state index in [1.165, 1.54) is 25.3 Å². The van der Waals surface area contributed by atoms with Gasteiger partial charge in [-0.05, 0) is 35.8 Å². The molecule has 0 fully saturated rings. The molecule has 1 unspecified atom stereocenters. The number of rotatable bonds is 7. The number of carbonyl (C=O) groups is 1. The number of ether oxygens (including phenoxy) is 1. The van der Waals surface area contributed by atoms with Gasteiger partial charge in [-0.25, -0.2) is 4.39 Å². The van der Waals surface area contributed by atoms with Gasteiger partial charge in [0.2, 0.25) is 5.91 Å². The summed E-state index contributed by atoms with van der Waals surface area (Å²) >= 11 is 0. The number of hydrogen-bond donors (Lipinski definition) is 1. The van der Waals surface area contributed by atoms with Gasteiger partial charge in [-0.15, -0.1) is 0 Å². The van der Waals surface area contributed by atoms with E-state index in [9.17, 15) is 14.3 Å². The summed E-state index contributed by atoms with van der Waals surface area (Å²) < 4.78 is 18.6. The highest BCUT2D eigenvalue weighted by Gasteiger charge is 2.19. The van der Waals surface area contributed by atoms with Crippen LogP contribution in [0.25, 0.3) is 6.08 Å². The number of aliphatic hydroxyl groups is 1. The molecule has 0 saturated carbocycles. The van der Waals surface area contributed by atoms with E-state index in [4.69, 9.17) is 4.74 Å². The van der Waals surface area contributed by atoms with Crippen LogP contribution in [-0.2, 0) is 4.79 Å². The predicted octanol–water partition coefficient (Wildman–Crippen LogP) is 3.43. The van der Waals surface area contributed by atoms with Crippen LogP contribution in [0.2, 0.25) is 0 Å². The quantitative estimate of drug-likeness (QED) is 0.784. The zero-order valence-corrected chi connectivity index (χ0v) is 14.4. The van der Waals surface area contributed by atoms with E-state index < -0.39 is 5.82 Å². The molecule has 0 bridgehead atoms. The lowest BCUT2D eigenvalue weighted by molar-refractivity contribution is -0.127. The molecule has 2 aromatic rings. The normalized spacial score (nSPS) is 12.2. The van der Waals surface area contributed by atoms with Crippen molar-refractivity contribution in [3.8, 4) is 5.75 Å². The number of hydrogen-bond acceptors (Lipinski definition) is 3. The second-order valence-electron chi connectivity index (χ2n) is 5.62. The van der Waals surface area contributed by atoms with Crippen molar-refractivity contribution in [1.82, 2.24) is 4.90 Å². The Hall–Kier alpha value is -2.66. The molecule has 5 heteroatoms. The van der Waals surface area contributed by atoms with Crippen molar-refractivity contribution in [3.05, 3.63) is 71.6 Å². The number of likely N-dealkylation sites (N-methyl/N-ethyl adjacent to an activating group) is 1. The molecule has 4 nitrogen and oxygen atoms in total. The standard InChI is InChI=1S/C20H22FNO3/c1-22(18(12-13-23)16-6-4-3-5-7-16)20(24)11-9-15-8-10-19(25-2)17(21)14-15/h3-11,14,18,23H,12-13H2,1-2H3/b11-9+. The Morgan fingerprint density at radius 2 is 2.00 bits per heavy atom. The number of methoxy groups -OCH3 is 1. The van der Waals surface area contributed by atoms with Crippen molar-refractivity contribution >= 4 is 12.0 Å².